The van der Waals surface area contributed by atoms with Crippen LogP contribution in [-0.4, -0.2) is 40.4 Å². The Bertz CT molecular complexity index is 1350. The molecule has 1 aliphatic carbocycles. The summed E-state index contributed by atoms with van der Waals surface area (Å²) >= 11 is 5.49. The molecule has 1 aliphatic heterocycles. The summed E-state index contributed by atoms with van der Waals surface area (Å²) in [6, 6.07) is 20.0. The van der Waals surface area contributed by atoms with Crippen LogP contribution in [0.25, 0.3) is 0 Å². The number of thiocarbonyl (C=S) groups is 1. The Morgan fingerprint density at radius 2 is 1.77 bits per heavy atom. The molecule has 4 N–H and O–H groups in total. The second kappa shape index (κ2) is 9.48. The molecule has 2 aliphatic rings. The fraction of sp³-hybridized carbons (Fsp3) is 0.231. The number of likely N-dealkylation sites (N-methyl/N-ethyl adjacent to an activating group) is 1. The number of nitrogens with zero attached hydrogens (tertiary/aromatic N) is 4. The second-order valence-corrected chi connectivity index (χ2v) is 8.96. The van der Waals surface area contributed by atoms with Gasteiger partial charge in [0.1, 0.15) is 6.07 Å². The van der Waals surface area contributed by atoms with Gasteiger partial charge in [-0.25, -0.2) is 0 Å². The molecule has 0 saturated carbocycles. The number of hydrogen-bond donors (Lipinski definition) is 4. The lowest BCUT2D eigenvalue weighted by Gasteiger charge is -2.46. The van der Waals surface area contributed by atoms with Gasteiger partial charge in [-0.2, -0.15) is 15.8 Å². The van der Waals surface area contributed by atoms with Crippen molar-refractivity contribution in [3.63, 3.8) is 0 Å². The number of nitriles is 3. The Morgan fingerprint density at radius 3 is 2.40 bits per heavy atom. The number of para-hydroxylation sites is 1. The molecular weight excluding hydrogens is 460 g/mol. The molecule has 0 spiro atoms. The van der Waals surface area contributed by atoms with Crippen molar-refractivity contribution < 1.29 is 10.2 Å². The monoisotopic (exact) mass is 482 g/mol. The quantitative estimate of drug-likeness (QED) is 0.382. The first-order chi connectivity index (χ1) is 16.8. The summed E-state index contributed by atoms with van der Waals surface area (Å²) in [5.41, 5.74) is 0.403. The van der Waals surface area contributed by atoms with Crippen molar-refractivity contribution in [3.8, 4) is 29.7 Å². The highest BCUT2D eigenvalue weighted by Crippen LogP contribution is 2.55. The fourth-order valence-electron chi connectivity index (χ4n) is 4.86. The van der Waals surface area contributed by atoms with Gasteiger partial charge in [0.2, 0.25) is 0 Å². The summed E-state index contributed by atoms with van der Waals surface area (Å²) in [4.78, 5) is 2.04. The zero-order valence-electron chi connectivity index (χ0n) is 18.9. The summed E-state index contributed by atoms with van der Waals surface area (Å²) in [5.74, 6) is -1.79. The maximum Gasteiger partial charge on any atom is 0.191 e. The van der Waals surface area contributed by atoms with E-state index >= 15 is 0 Å². The van der Waals surface area contributed by atoms with E-state index in [1.54, 1.807) is 6.07 Å². The molecule has 4 rings (SSSR count). The first kappa shape index (κ1) is 23.8. The van der Waals surface area contributed by atoms with Gasteiger partial charge < -0.3 is 25.7 Å². The van der Waals surface area contributed by atoms with Gasteiger partial charge in [-0.1, -0.05) is 30.3 Å². The Balaban J connectivity index is 1.90. The summed E-state index contributed by atoms with van der Waals surface area (Å²) in [7, 11) is 1.92. The fourth-order valence-corrected chi connectivity index (χ4v) is 5.08. The van der Waals surface area contributed by atoms with E-state index in [0.717, 1.165) is 0 Å². The third kappa shape index (κ3) is 4.18. The van der Waals surface area contributed by atoms with Crippen LogP contribution in [0.15, 0.2) is 71.5 Å². The van der Waals surface area contributed by atoms with Gasteiger partial charge in [-0.3, -0.25) is 0 Å². The highest BCUT2D eigenvalue weighted by Gasteiger charge is 2.55. The number of hydrogen-bond acceptors (Lipinski definition) is 7. The van der Waals surface area contributed by atoms with Crippen LogP contribution < -0.4 is 10.6 Å². The third-order valence-corrected chi connectivity index (χ3v) is 6.63. The molecule has 8 nitrogen and oxygen atoms in total. The predicted octanol–water partition coefficient (Wildman–Crippen LogP) is 3.48. The van der Waals surface area contributed by atoms with Gasteiger partial charge in [0.15, 0.2) is 22.0 Å². The van der Waals surface area contributed by atoms with E-state index in [0.29, 0.717) is 29.9 Å². The SMILES string of the molecule is CN1CC=C2C(C#N)=C(NC(=S)Nc3ccccc3)C(C#N)(C#N)C(c3ccc(O)c(O)c3)C2C1. The summed E-state index contributed by atoms with van der Waals surface area (Å²) in [6.45, 7) is 1.09. The van der Waals surface area contributed by atoms with Gasteiger partial charge in [0, 0.05) is 30.6 Å². The van der Waals surface area contributed by atoms with E-state index in [1.807, 2.05) is 48.4 Å². The van der Waals surface area contributed by atoms with E-state index in [4.69, 9.17) is 12.2 Å². The molecule has 0 aromatic heterocycles. The summed E-state index contributed by atoms with van der Waals surface area (Å²) in [6.07, 6.45) is 1.92. The first-order valence-corrected chi connectivity index (χ1v) is 11.3. The van der Waals surface area contributed by atoms with Gasteiger partial charge >= 0.3 is 0 Å². The highest BCUT2D eigenvalue weighted by atomic mass is 32.1. The molecule has 0 amide bonds. The Labute approximate surface area is 208 Å². The van der Waals surface area contributed by atoms with Crippen LogP contribution in [-0.2, 0) is 0 Å². The lowest BCUT2D eigenvalue weighted by Crippen LogP contribution is -2.49. The van der Waals surface area contributed by atoms with Crippen LogP contribution in [0.4, 0.5) is 5.69 Å². The van der Waals surface area contributed by atoms with Crippen LogP contribution in [0.3, 0.4) is 0 Å². The number of phenols is 2. The number of fused-ring (bicyclic) bond motifs is 1. The van der Waals surface area contributed by atoms with Crippen molar-refractivity contribution in [2.75, 3.05) is 25.5 Å². The molecule has 0 fully saturated rings. The average Bonchev–Trinajstić information content (AvgIpc) is 2.86. The number of anilines is 1. The highest BCUT2D eigenvalue weighted by molar-refractivity contribution is 7.80. The van der Waals surface area contributed by atoms with Gasteiger partial charge in [-0.15, -0.1) is 0 Å². The lowest BCUT2D eigenvalue weighted by atomic mass is 9.58. The van der Waals surface area contributed by atoms with Gasteiger partial charge in [0.25, 0.3) is 0 Å². The zero-order chi connectivity index (χ0) is 25.2. The molecule has 2 atom stereocenters. The number of phenolic OH excluding ortho intramolecular Hbond substituents is 2. The Morgan fingerprint density at radius 1 is 1.06 bits per heavy atom. The molecule has 0 radical (unpaired) electrons. The maximum atomic E-state index is 10.5. The largest absolute Gasteiger partial charge is 0.504 e. The van der Waals surface area contributed by atoms with E-state index in [9.17, 15) is 26.0 Å². The van der Waals surface area contributed by atoms with Gasteiger partial charge in [-0.05, 0) is 54.7 Å². The number of benzene rings is 2. The van der Waals surface area contributed by atoms with Crippen LogP contribution in [0.5, 0.6) is 11.5 Å². The molecule has 2 aromatic rings. The van der Waals surface area contributed by atoms with Crippen LogP contribution in [0.1, 0.15) is 11.5 Å². The van der Waals surface area contributed by atoms with Crippen molar-refractivity contribution in [2.24, 2.45) is 11.3 Å². The van der Waals surface area contributed by atoms with Crippen molar-refractivity contribution >= 4 is 23.0 Å². The summed E-state index contributed by atoms with van der Waals surface area (Å²) in [5, 5.41) is 57.4. The Hall–Kier alpha value is -4.36. The summed E-state index contributed by atoms with van der Waals surface area (Å²) < 4.78 is 0. The first-order valence-electron chi connectivity index (χ1n) is 10.9. The van der Waals surface area contributed by atoms with Crippen LogP contribution in [0, 0.1) is 45.3 Å². The standard InChI is InChI=1S/C26H22N6O2S/c1-32-10-9-18-19(12-27)24(31-25(35)30-17-5-3-2-4-6-17)26(14-28,15-29)23(20(18)13-32)16-7-8-21(33)22(34)11-16/h2-9,11,20,23,33-34H,10,13H2,1H3,(H2,30,31,35). The number of allylic oxidation sites excluding steroid dienone is 2. The normalized spacial score (nSPS) is 20.9. The second-order valence-electron chi connectivity index (χ2n) is 8.55. The maximum absolute atomic E-state index is 10.5. The van der Waals surface area contributed by atoms with Crippen molar-refractivity contribution in [1.29, 1.82) is 15.8 Å². The van der Waals surface area contributed by atoms with E-state index in [1.165, 1.54) is 12.1 Å². The molecule has 174 valence electrons. The smallest absolute Gasteiger partial charge is 0.191 e. The zero-order valence-corrected chi connectivity index (χ0v) is 19.7. The molecule has 9 heteroatoms. The molecule has 2 unspecified atom stereocenters. The topological polar surface area (TPSA) is 139 Å². The van der Waals surface area contributed by atoms with Crippen LogP contribution in [0.2, 0.25) is 0 Å². The molecule has 1 heterocycles. The minimum Gasteiger partial charge on any atom is -0.504 e. The van der Waals surface area contributed by atoms with E-state index in [2.05, 4.69) is 28.8 Å². The number of nitrogens with one attached hydrogen (secondary N) is 2. The lowest BCUT2D eigenvalue weighted by molar-refractivity contribution is 0.235. The average molecular weight is 483 g/mol. The van der Waals surface area contributed by atoms with Gasteiger partial charge in [0.05, 0.1) is 23.4 Å². The molecule has 0 bridgehead atoms. The third-order valence-electron chi connectivity index (χ3n) is 6.43. The van der Waals surface area contributed by atoms with E-state index in [-0.39, 0.29) is 33.8 Å². The molecule has 35 heavy (non-hydrogen) atoms. The van der Waals surface area contributed by atoms with E-state index < -0.39 is 11.3 Å². The molecule has 0 saturated heterocycles. The number of rotatable bonds is 3. The van der Waals surface area contributed by atoms with Crippen molar-refractivity contribution in [2.45, 2.75) is 5.92 Å². The van der Waals surface area contributed by atoms with Crippen LogP contribution >= 0.6 is 12.2 Å². The molecular formula is C26H22N6O2S. The minimum atomic E-state index is -1.82. The predicted molar refractivity (Wildman–Crippen MR) is 134 cm³/mol. The Kier molecular flexibility index (Phi) is 6.44. The molecule has 2 aromatic carbocycles. The van der Waals surface area contributed by atoms with Crippen molar-refractivity contribution in [1.82, 2.24) is 10.2 Å². The minimum absolute atomic E-state index is 0.100. The van der Waals surface area contributed by atoms with Crippen molar-refractivity contribution in [3.05, 3.63) is 77.0 Å². The number of aromatic hydroxyl groups is 2.